The second kappa shape index (κ2) is 6.22. The summed E-state index contributed by atoms with van der Waals surface area (Å²) in [4.78, 5) is 16.8. The molecule has 2 aliphatic heterocycles. The zero-order chi connectivity index (χ0) is 16.6. The second-order valence-electron chi connectivity index (χ2n) is 6.49. The Morgan fingerprint density at radius 1 is 1.26 bits per heavy atom. The van der Waals surface area contributed by atoms with E-state index in [1.165, 1.54) is 12.5 Å². The number of sulfonamides is 1. The number of amides is 1. The molecule has 1 saturated heterocycles. The number of piperidine rings is 1. The molecule has 6 nitrogen and oxygen atoms in total. The maximum atomic E-state index is 12.7. The Bertz CT molecular complexity index is 711. The Labute approximate surface area is 137 Å². The first-order chi connectivity index (χ1) is 10.9. The zero-order valence-electron chi connectivity index (χ0n) is 13.4. The number of nitrogens with zero attached hydrogens (tertiary/aromatic N) is 2. The number of likely N-dealkylation sites (tertiary alicyclic amines) is 1. The average Bonchev–Trinajstić information content (AvgIpc) is 2.82. The van der Waals surface area contributed by atoms with E-state index in [9.17, 15) is 13.2 Å². The maximum absolute atomic E-state index is 12.7. The van der Waals surface area contributed by atoms with Crippen LogP contribution in [0.3, 0.4) is 0 Å². The van der Waals surface area contributed by atoms with Gasteiger partial charge in [-0.15, -0.1) is 0 Å². The van der Waals surface area contributed by atoms with E-state index in [0.29, 0.717) is 13.0 Å². The van der Waals surface area contributed by atoms with Crippen molar-refractivity contribution >= 4 is 21.6 Å². The highest BCUT2D eigenvalue weighted by Gasteiger charge is 2.32. The number of carbonyl (C=O) groups excluding carboxylic acids is 1. The number of hydrogen-bond donors (Lipinski definition) is 1. The summed E-state index contributed by atoms with van der Waals surface area (Å²) in [6.07, 6.45) is 4.20. The Kier molecular flexibility index (Phi) is 4.44. The summed E-state index contributed by atoms with van der Waals surface area (Å²) >= 11 is 0. The van der Waals surface area contributed by atoms with Crippen molar-refractivity contribution in [1.29, 1.82) is 0 Å². The van der Waals surface area contributed by atoms with Gasteiger partial charge in [-0.25, -0.2) is 13.6 Å². The molecule has 0 aliphatic carbocycles. The number of hydrogen-bond acceptors (Lipinski definition) is 4. The molecule has 1 aromatic carbocycles. The van der Waals surface area contributed by atoms with Gasteiger partial charge in [-0.1, -0.05) is 6.42 Å². The van der Waals surface area contributed by atoms with E-state index in [2.05, 4.69) is 4.90 Å². The lowest BCUT2D eigenvalue weighted by molar-refractivity contribution is -0.120. The summed E-state index contributed by atoms with van der Waals surface area (Å²) in [5, 5.41) is 5.19. The Morgan fingerprint density at radius 3 is 2.61 bits per heavy atom. The topological polar surface area (TPSA) is 83.7 Å². The minimum Gasteiger partial charge on any atom is -0.308 e. The van der Waals surface area contributed by atoms with Crippen molar-refractivity contribution in [1.82, 2.24) is 4.90 Å². The monoisotopic (exact) mass is 337 g/mol. The van der Waals surface area contributed by atoms with Crippen LogP contribution in [0.1, 0.15) is 31.7 Å². The van der Waals surface area contributed by atoms with E-state index in [-0.39, 0.29) is 16.8 Å². The first kappa shape index (κ1) is 16.4. The van der Waals surface area contributed by atoms with Crippen LogP contribution >= 0.6 is 0 Å². The number of nitrogens with two attached hydrogens (primary N) is 1. The Hall–Kier alpha value is -1.44. The second-order valence-corrected chi connectivity index (χ2v) is 8.05. The predicted molar refractivity (Wildman–Crippen MR) is 88.8 cm³/mol. The third-order valence-electron chi connectivity index (χ3n) is 4.67. The van der Waals surface area contributed by atoms with Crippen LogP contribution in [-0.4, -0.2) is 44.9 Å². The van der Waals surface area contributed by atoms with E-state index in [1.54, 1.807) is 17.0 Å². The van der Waals surface area contributed by atoms with E-state index < -0.39 is 10.0 Å². The van der Waals surface area contributed by atoms with Crippen LogP contribution < -0.4 is 10.0 Å². The van der Waals surface area contributed by atoms with Crippen molar-refractivity contribution in [3.63, 3.8) is 0 Å². The SMILES string of the molecule is C[C@@H]1Cc2cc(S(N)(=O)=O)ccc2N1C(=O)CN1CCCCC1. The molecule has 0 saturated carbocycles. The minimum atomic E-state index is -3.71. The molecule has 0 bridgehead atoms. The number of fused-ring (bicyclic) bond motifs is 1. The van der Waals surface area contributed by atoms with Gasteiger partial charge in [0.25, 0.3) is 0 Å². The highest BCUT2D eigenvalue weighted by atomic mass is 32.2. The summed E-state index contributed by atoms with van der Waals surface area (Å²) in [7, 11) is -3.71. The maximum Gasteiger partial charge on any atom is 0.241 e. The molecular formula is C16H23N3O3S. The fourth-order valence-electron chi connectivity index (χ4n) is 3.55. The van der Waals surface area contributed by atoms with Crippen LogP contribution in [0.5, 0.6) is 0 Å². The van der Waals surface area contributed by atoms with Crippen molar-refractivity contribution in [2.45, 2.75) is 43.5 Å². The van der Waals surface area contributed by atoms with E-state index in [0.717, 1.165) is 37.2 Å². The molecule has 0 unspecified atom stereocenters. The van der Waals surface area contributed by atoms with Crippen LogP contribution in [0.2, 0.25) is 0 Å². The quantitative estimate of drug-likeness (QED) is 0.895. The van der Waals surface area contributed by atoms with Gasteiger partial charge in [-0.2, -0.15) is 0 Å². The van der Waals surface area contributed by atoms with Crippen LogP contribution in [-0.2, 0) is 21.2 Å². The molecule has 1 fully saturated rings. The molecule has 0 radical (unpaired) electrons. The molecule has 3 rings (SSSR count). The fourth-order valence-corrected chi connectivity index (χ4v) is 4.11. The first-order valence-electron chi connectivity index (χ1n) is 8.06. The third-order valence-corrected chi connectivity index (χ3v) is 5.58. The molecule has 126 valence electrons. The van der Waals surface area contributed by atoms with E-state index in [4.69, 9.17) is 5.14 Å². The highest BCUT2D eigenvalue weighted by molar-refractivity contribution is 7.89. The Morgan fingerprint density at radius 2 is 1.96 bits per heavy atom. The van der Waals surface area contributed by atoms with Gasteiger partial charge in [0.05, 0.1) is 11.4 Å². The van der Waals surface area contributed by atoms with Gasteiger partial charge in [0.15, 0.2) is 0 Å². The van der Waals surface area contributed by atoms with Crippen LogP contribution in [0.25, 0.3) is 0 Å². The van der Waals surface area contributed by atoms with Crippen molar-refractivity contribution in [3.05, 3.63) is 23.8 Å². The summed E-state index contributed by atoms with van der Waals surface area (Å²) in [6.45, 7) is 4.38. The van der Waals surface area contributed by atoms with Gasteiger partial charge in [-0.05, 0) is 63.0 Å². The van der Waals surface area contributed by atoms with Crippen LogP contribution in [0, 0.1) is 0 Å². The van der Waals surface area contributed by atoms with Crippen molar-refractivity contribution in [2.75, 3.05) is 24.5 Å². The fraction of sp³-hybridized carbons (Fsp3) is 0.562. The van der Waals surface area contributed by atoms with E-state index in [1.807, 2.05) is 6.92 Å². The molecule has 1 aromatic rings. The lowest BCUT2D eigenvalue weighted by Crippen LogP contribution is -2.44. The summed E-state index contributed by atoms with van der Waals surface area (Å²) in [6, 6.07) is 4.81. The van der Waals surface area contributed by atoms with E-state index >= 15 is 0 Å². The van der Waals surface area contributed by atoms with Crippen molar-refractivity contribution in [2.24, 2.45) is 5.14 Å². The number of rotatable bonds is 3. The normalized spacial score (nSPS) is 22.2. The van der Waals surface area contributed by atoms with Gasteiger partial charge in [0.1, 0.15) is 0 Å². The van der Waals surface area contributed by atoms with Gasteiger partial charge in [-0.3, -0.25) is 9.69 Å². The number of primary sulfonamides is 1. The molecule has 2 aliphatic rings. The molecule has 0 aromatic heterocycles. The number of benzene rings is 1. The minimum absolute atomic E-state index is 0.0398. The predicted octanol–water partition coefficient (Wildman–Crippen LogP) is 1.10. The molecule has 1 atom stereocenters. The smallest absolute Gasteiger partial charge is 0.241 e. The number of carbonyl (C=O) groups is 1. The summed E-state index contributed by atoms with van der Waals surface area (Å²) in [5.74, 6) is 0.0847. The summed E-state index contributed by atoms with van der Waals surface area (Å²) < 4.78 is 23.0. The number of anilines is 1. The molecule has 2 heterocycles. The average molecular weight is 337 g/mol. The lowest BCUT2D eigenvalue weighted by atomic mass is 10.1. The first-order valence-corrected chi connectivity index (χ1v) is 9.61. The Balaban J connectivity index is 1.81. The molecular weight excluding hydrogens is 314 g/mol. The van der Waals surface area contributed by atoms with Crippen LogP contribution in [0.15, 0.2) is 23.1 Å². The largest absolute Gasteiger partial charge is 0.308 e. The van der Waals surface area contributed by atoms with Crippen molar-refractivity contribution in [3.8, 4) is 0 Å². The van der Waals surface area contributed by atoms with Gasteiger partial charge in [0.2, 0.25) is 15.9 Å². The van der Waals surface area contributed by atoms with Crippen molar-refractivity contribution < 1.29 is 13.2 Å². The standard InChI is InChI=1S/C16H23N3O3S/c1-12-9-13-10-14(23(17,21)22)5-6-15(13)19(12)16(20)11-18-7-3-2-4-8-18/h5-6,10,12H,2-4,7-9,11H2,1H3,(H2,17,21,22)/t12-/m1/s1. The van der Waals surface area contributed by atoms with Gasteiger partial charge in [0, 0.05) is 11.7 Å². The highest BCUT2D eigenvalue weighted by Crippen LogP contribution is 2.33. The molecule has 1 amide bonds. The van der Waals surface area contributed by atoms with Crippen LogP contribution in [0.4, 0.5) is 5.69 Å². The molecule has 7 heteroatoms. The van der Waals surface area contributed by atoms with Gasteiger partial charge >= 0.3 is 0 Å². The third kappa shape index (κ3) is 3.41. The molecule has 2 N–H and O–H groups in total. The zero-order valence-corrected chi connectivity index (χ0v) is 14.2. The summed E-state index contributed by atoms with van der Waals surface area (Å²) in [5.41, 5.74) is 1.68. The molecule has 0 spiro atoms. The van der Waals surface area contributed by atoms with Gasteiger partial charge < -0.3 is 4.90 Å². The lowest BCUT2D eigenvalue weighted by Gasteiger charge is -2.29. The molecule has 23 heavy (non-hydrogen) atoms.